The van der Waals surface area contributed by atoms with Gasteiger partial charge in [-0.3, -0.25) is 0 Å². The summed E-state index contributed by atoms with van der Waals surface area (Å²) in [5.41, 5.74) is 2.60. The van der Waals surface area contributed by atoms with Gasteiger partial charge in [-0.2, -0.15) is 5.10 Å². The number of amidine groups is 1. The highest BCUT2D eigenvalue weighted by molar-refractivity contribution is 5.81. The average molecular weight is 144 g/mol. The maximum Gasteiger partial charge on any atom is 0.136 e. The van der Waals surface area contributed by atoms with Gasteiger partial charge in [0.15, 0.2) is 0 Å². The number of rotatable bonds is 1. The molecule has 60 valence electrons. The standard InChI is InChI=1S/C6H16N4/c1-6(2,3)4-5(9-7)10-8/h4,7-8H2,1-3H3,(H,9,10). The first-order valence-electron chi connectivity index (χ1n) is 3.23. The van der Waals surface area contributed by atoms with Gasteiger partial charge in [0.25, 0.3) is 0 Å². The number of hydrogen-bond acceptors (Lipinski definition) is 3. The fourth-order valence-electron chi connectivity index (χ4n) is 0.636. The highest BCUT2D eigenvalue weighted by atomic mass is 15.3. The molecule has 0 saturated carbocycles. The van der Waals surface area contributed by atoms with Crippen LogP contribution in [0, 0.1) is 5.41 Å². The summed E-state index contributed by atoms with van der Waals surface area (Å²) >= 11 is 0. The Hall–Kier alpha value is -0.770. The van der Waals surface area contributed by atoms with Crippen LogP contribution in [0.25, 0.3) is 0 Å². The minimum atomic E-state index is 0.171. The van der Waals surface area contributed by atoms with Crippen LogP contribution >= 0.6 is 0 Å². The van der Waals surface area contributed by atoms with Gasteiger partial charge in [-0.15, -0.1) is 0 Å². The van der Waals surface area contributed by atoms with Crippen LogP contribution in [-0.4, -0.2) is 5.84 Å². The van der Waals surface area contributed by atoms with E-state index in [9.17, 15) is 0 Å². The van der Waals surface area contributed by atoms with E-state index < -0.39 is 0 Å². The highest BCUT2D eigenvalue weighted by Crippen LogP contribution is 2.17. The smallest absolute Gasteiger partial charge is 0.136 e. The Morgan fingerprint density at radius 1 is 1.50 bits per heavy atom. The normalized spacial score (nSPS) is 13.4. The van der Waals surface area contributed by atoms with E-state index in [0.29, 0.717) is 5.84 Å². The minimum Gasteiger partial charge on any atom is -0.322 e. The Labute approximate surface area is 61.6 Å². The molecule has 0 aromatic carbocycles. The number of nitrogens with two attached hydrogens (primary N) is 2. The zero-order chi connectivity index (χ0) is 8.20. The third-order valence-electron chi connectivity index (χ3n) is 1.02. The van der Waals surface area contributed by atoms with Gasteiger partial charge in [-0.1, -0.05) is 20.8 Å². The van der Waals surface area contributed by atoms with E-state index in [2.05, 4.69) is 31.3 Å². The molecule has 0 atom stereocenters. The number of nitrogens with zero attached hydrogens (tertiary/aromatic N) is 1. The molecule has 0 heterocycles. The van der Waals surface area contributed by atoms with Crippen LogP contribution in [0.3, 0.4) is 0 Å². The van der Waals surface area contributed by atoms with Gasteiger partial charge < -0.3 is 11.3 Å². The third-order valence-corrected chi connectivity index (χ3v) is 1.02. The maximum atomic E-state index is 5.13. The van der Waals surface area contributed by atoms with Crippen LogP contribution in [0.2, 0.25) is 0 Å². The van der Waals surface area contributed by atoms with E-state index in [4.69, 9.17) is 11.7 Å². The molecule has 0 radical (unpaired) electrons. The van der Waals surface area contributed by atoms with Crippen LogP contribution in [0.5, 0.6) is 0 Å². The van der Waals surface area contributed by atoms with Crippen molar-refractivity contribution < 1.29 is 0 Å². The second-order valence-corrected chi connectivity index (χ2v) is 3.46. The molecule has 0 rings (SSSR count). The molecule has 0 fully saturated rings. The summed E-state index contributed by atoms with van der Waals surface area (Å²) in [7, 11) is 0. The number of nitrogens with one attached hydrogen (secondary N) is 1. The SMILES string of the molecule is CC(C)(C)C/C(=N/N)NN. The summed E-state index contributed by atoms with van der Waals surface area (Å²) in [6.45, 7) is 6.28. The van der Waals surface area contributed by atoms with Crippen molar-refractivity contribution in [2.24, 2.45) is 22.2 Å². The van der Waals surface area contributed by atoms with Crippen molar-refractivity contribution in [2.45, 2.75) is 27.2 Å². The largest absolute Gasteiger partial charge is 0.322 e. The Kier molecular flexibility index (Phi) is 3.15. The van der Waals surface area contributed by atoms with Gasteiger partial charge in [0, 0.05) is 6.42 Å². The molecule has 0 spiro atoms. The minimum absolute atomic E-state index is 0.171. The van der Waals surface area contributed by atoms with Crippen LogP contribution in [0.4, 0.5) is 0 Å². The molecule has 0 amide bonds. The molecular weight excluding hydrogens is 128 g/mol. The van der Waals surface area contributed by atoms with Gasteiger partial charge in [0.1, 0.15) is 5.84 Å². The lowest BCUT2D eigenvalue weighted by molar-refractivity contribution is 0.428. The van der Waals surface area contributed by atoms with Crippen molar-refractivity contribution in [3.63, 3.8) is 0 Å². The summed E-state index contributed by atoms with van der Waals surface area (Å²) in [6.07, 6.45) is 0.764. The van der Waals surface area contributed by atoms with Crippen LogP contribution in [-0.2, 0) is 0 Å². The Balaban J connectivity index is 3.88. The number of hydrazine groups is 1. The molecule has 4 nitrogen and oxygen atoms in total. The van der Waals surface area contributed by atoms with Gasteiger partial charge in [-0.05, 0) is 5.41 Å². The second kappa shape index (κ2) is 3.41. The lowest BCUT2D eigenvalue weighted by atomic mass is 9.92. The summed E-state index contributed by atoms with van der Waals surface area (Å²) < 4.78 is 0. The van der Waals surface area contributed by atoms with Crippen LogP contribution in [0.1, 0.15) is 27.2 Å². The van der Waals surface area contributed by atoms with Crippen molar-refractivity contribution in [1.82, 2.24) is 5.43 Å². The van der Waals surface area contributed by atoms with E-state index in [1.807, 2.05) is 0 Å². The van der Waals surface area contributed by atoms with Crippen molar-refractivity contribution in [1.29, 1.82) is 0 Å². The van der Waals surface area contributed by atoms with Crippen molar-refractivity contribution >= 4 is 5.84 Å². The van der Waals surface area contributed by atoms with E-state index in [-0.39, 0.29) is 5.41 Å². The first kappa shape index (κ1) is 9.23. The summed E-state index contributed by atoms with van der Waals surface area (Å²) in [4.78, 5) is 0. The monoisotopic (exact) mass is 144 g/mol. The van der Waals surface area contributed by atoms with E-state index in [0.717, 1.165) is 6.42 Å². The molecule has 0 aliphatic rings. The van der Waals surface area contributed by atoms with Gasteiger partial charge >= 0.3 is 0 Å². The average Bonchev–Trinajstić information content (AvgIpc) is 1.81. The van der Waals surface area contributed by atoms with Crippen molar-refractivity contribution in [3.05, 3.63) is 0 Å². The number of hydrazone groups is 1. The fraction of sp³-hybridized carbons (Fsp3) is 0.833. The predicted molar refractivity (Wildman–Crippen MR) is 43.0 cm³/mol. The molecule has 0 aromatic heterocycles. The molecule has 0 aliphatic heterocycles. The summed E-state index contributed by atoms with van der Waals surface area (Å²) in [6, 6.07) is 0. The molecule has 10 heavy (non-hydrogen) atoms. The van der Waals surface area contributed by atoms with Gasteiger partial charge in [0.05, 0.1) is 0 Å². The molecule has 4 heteroatoms. The first-order valence-corrected chi connectivity index (χ1v) is 3.23. The van der Waals surface area contributed by atoms with Gasteiger partial charge in [0.2, 0.25) is 0 Å². The lowest BCUT2D eigenvalue weighted by Crippen LogP contribution is -2.34. The quantitative estimate of drug-likeness (QED) is 0.212. The molecule has 5 N–H and O–H groups in total. The molecular formula is C6H16N4. The topological polar surface area (TPSA) is 76.4 Å². The fourth-order valence-corrected chi connectivity index (χ4v) is 0.636. The van der Waals surface area contributed by atoms with Crippen LogP contribution < -0.4 is 17.1 Å². The van der Waals surface area contributed by atoms with Gasteiger partial charge in [-0.25, -0.2) is 5.84 Å². The molecule has 0 bridgehead atoms. The summed E-state index contributed by atoms with van der Waals surface area (Å²) in [5.74, 6) is 10.8. The van der Waals surface area contributed by atoms with E-state index >= 15 is 0 Å². The second-order valence-electron chi connectivity index (χ2n) is 3.46. The number of hydrogen-bond donors (Lipinski definition) is 3. The van der Waals surface area contributed by atoms with E-state index in [1.165, 1.54) is 0 Å². The Bertz CT molecular complexity index is 122. The predicted octanol–water partition coefficient (Wildman–Crippen LogP) is 0.158. The van der Waals surface area contributed by atoms with Crippen LogP contribution in [0.15, 0.2) is 5.10 Å². The lowest BCUT2D eigenvalue weighted by Gasteiger charge is -2.17. The molecule has 0 unspecified atom stereocenters. The Morgan fingerprint density at radius 3 is 2.10 bits per heavy atom. The zero-order valence-electron chi connectivity index (χ0n) is 6.81. The highest BCUT2D eigenvalue weighted by Gasteiger charge is 2.12. The third kappa shape index (κ3) is 4.14. The zero-order valence-corrected chi connectivity index (χ0v) is 6.81. The molecule has 0 aromatic rings. The summed E-state index contributed by atoms with van der Waals surface area (Å²) in [5, 5.41) is 3.47. The van der Waals surface area contributed by atoms with Crippen molar-refractivity contribution in [3.8, 4) is 0 Å². The first-order chi connectivity index (χ1) is 4.49. The molecule has 0 saturated heterocycles. The Morgan fingerprint density at radius 2 is 2.00 bits per heavy atom. The molecule has 0 aliphatic carbocycles. The van der Waals surface area contributed by atoms with Crippen molar-refractivity contribution in [2.75, 3.05) is 0 Å². The van der Waals surface area contributed by atoms with E-state index in [1.54, 1.807) is 0 Å². The maximum absolute atomic E-state index is 5.13.